The van der Waals surface area contributed by atoms with Crippen LogP contribution in [0.3, 0.4) is 0 Å². The highest BCUT2D eigenvalue weighted by Crippen LogP contribution is 2.42. The van der Waals surface area contributed by atoms with Crippen molar-refractivity contribution in [3.63, 3.8) is 0 Å². The summed E-state index contributed by atoms with van der Waals surface area (Å²) in [6, 6.07) is 39.6. The van der Waals surface area contributed by atoms with Gasteiger partial charge in [0.2, 0.25) is 5.89 Å². The highest BCUT2D eigenvalue weighted by Gasteiger charge is 2.24. The number of hydrogen-bond donors (Lipinski definition) is 0. The van der Waals surface area contributed by atoms with Gasteiger partial charge in [0, 0.05) is 33.5 Å². The number of oxazole rings is 1. The fourth-order valence-corrected chi connectivity index (χ4v) is 5.11. The van der Waals surface area contributed by atoms with Crippen molar-refractivity contribution in [3.8, 4) is 45.6 Å². The van der Waals surface area contributed by atoms with Gasteiger partial charge in [-0.3, -0.25) is 0 Å². The van der Waals surface area contributed by atoms with Crippen molar-refractivity contribution in [2.75, 3.05) is 0 Å². The first-order valence-corrected chi connectivity index (χ1v) is 13.0. The molecule has 0 saturated heterocycles. The molecule has 0 aliphatic carbocycles. The number of rotatable bonds is 4. The van der Waals surface area contributed by atoms with Crippen LogP contribution in [0.1, 0.15) is 0 Å². The van der Waals surface area contributed by atoms with Gasteiger partial charge in [-0.25, -0.2) is 19.9 Å². The molecule has 5 aromatic carbocycles. The third-order valence-corrected chi connectivity index (χ3v) is 6.97. The average molecular weight is 517 g/mol. The topological polar surface area (TPSA) is 77.8 Å². The number of para-hydroxylation sites is 1. The molecule has 188 valence electrons. The van der Waals surface area contributed by atoms with Crippen LogP contribution >= 0.6 is 0 Å². The van der Waals surface area contributed by atoms with Gasteiger partial charge in [-0.2, -0.15) is 0 Å². The summed E-state index contributed by atoms with van der Waals surface area (Å²) in [6.07, 6.45) is 0. The number of aromatic nitrogens is 4. The van der Waals surface area contributed by atoms with Gasteiger partial charge in [-0.15, -0.1) is 0 Å². The smallest absolute Gasteiger partial charge is 0.227 e. The fraction of sp³-hybridized carbons (Fsp3) is 0. The molecule has 8 aromatic rings. The molecule has 0 bridgehead atoms. The molecular formula is C34H20N4O2. The molecule has 6 nitrogen and oxygen atoms in total. The van der Waals surface area contributed by atoms with Crippen LogP contribution in [0, 0.1) is 0 Å². The minimum atomic E-state index is 0.503. The predicted octanol–water partition coefficient (Wildman–Crippen LogP) is 8.58. The Labute approximate surface area is 228 Å². The SMILES string of the molecule is c1ccc(-c2nc(-c3ccccc3)nc(-c3c4nc(-c5ccccc5)oc4cc4oc5ccccc5c34)n2)cc1. The Bertz CT molecular complexity index is 2090. The molecule has 0 N–H and O–H groups in total. The Kier molecular flexibility index (Phi) is 5.03. The summed E-state index contributed by atoms with van der Waals surface area (Å²) >= 11 is 0. The number of fused-ring (bicyclic) bond motifs is 4. The Morgan fingerprint density at radius 3 is 1.62 bits per heavy atom. The van der Waals surface area contributed by atoms with Crippen LogP contribution < -0.4 is 0 Å². The summed E-state index contributed by atoms with van der Waals surface area (Å²) in [6.45, 7) is 0. The van der Waals surface area contributed by atoms with Crippen LogP contribution in [-0.4, -0.2) is 19.9 Å². The molecule has 0 saturated carbocycles. The molecule has 3 aromatic heterocycles. The third-order valence-electron chi connectivity index (χ3n) is 6.97. The zero-order valence-corrected chi connectivity index (χ0v) is 21.2. The normalized spacial score (nSPS) is 11.5. The van der Waals surface area contributed by atoms with E-state index in [0.717, 1.165) is 38.6 Å². The Balaban J connectivity index is 1.49. The van der Waals surface area contributed by atoms with E-state index in [1.165, 1.54) is 0 Å². The second-order valence-electron chi connectivity index (χ2n) is 9.49. The second-order valence-corrected chi connectivity index (χ2v) is 9.49. The summed E-state index contributed by atoms with van der Waals surface area (Å²) in [7, 11) is 0. The monoisotopic (exact) mass is 516 g/mol. The number of hydrogen-bond acceptors (Lipinski definition) is 6. The van der Waals surface area contributed by atoms with Gasteiger partial charge in [0.25, 0.3) is 0 Å². The molecule has 40 heavy (non-hydrogen) atoms. The standard InChI is InChI=1S/C34H20N4O2/c1-4-12-21(13-5-1)31-36-32(22-14-6-2-7-15-22)38-33(37-31)29-28-24-18-10-11-19-25(24)39-26(28)20-27-30(29)35-34(40-27)23-16-8-3-9-17-23/h1-20H. The van der Waals surface area contributed by atoms with Crippen molar-refractivity contribution in [1.82, 2.24) is 19.9 Å². The third kappa shape index (κ3) is 3.66. The highest BCUT2D eigenvalue weighted by molar-refractivity contribution is 6.18. The lowest BCUT2D eigenvalue weighted by atomic mass is 10.0. The number of nitrogens with zero attached hydrogens (tertiary/aromatic N) is 4. The van der Waals surface area contributed by atoms with Gasteiger partial charge in [0.15, 0.2) is 23.1 Å². The lowest BCUT2D eigenvalue weighted by Gasteiger charge is -2.09. The second kappa shape index (κ2) is 8.99. The van der Waals surface area contributed by atoms with E-state index < -0.39 is 0 Å². The lowest BCUT2D eigenvalue weighted by molar-refractivity contribution is 0.617. The summed E-state index contributed by atoms with van der Waals surface area (Å²) in [5, 5.41) is 1.85. The first-order chi connectivity index (χ1) is 19.8. The zero-order chi connectivity index (χ0) is 26.5. The largest absolute Gasteiger partial charge is 0.456 e. The van der Waals surface area contributed by atoms with Gasteiger partial charge < -0.3 is 8.83 Å². The van der Waals surface area contributed by atoms with Crippen molar-refractivity contribution in [2.24, 2.45) is 0 Å². The lowest BCUT2D eigenvalue weighted by Crippen LogP contribution is -2.01. The first-order valence-electron chi connectivity index (χ1n) is 13.0. The Morgan fingerprint density at radius 2 is 0.975 bits per heavy atom. The minimum absolute atomic E-state index is 0.503. The Morgan fingerprint density at radius 1 is 0.425 bits per heavy atom. The Hall–Kier alpha value is -5.62. The van der Waals surface area contributed by atoms with Crippen LogP contribution in [0.2, 0.25) is 0 Å². The molecule has 0 fully saturated rings. The molecule has 0 atom stereocenters. The maximum atomic E-state index is 6.31. The molecule has 3 heterocycles. The van der Waals surface area contributed by atoms with E-state index in [9.17, 15) is 0 Å². The molecule has 0 spiro atoms. The van der Waals surface area contributed by atoms with Gasteiger partial charge in [-0.05, 0) is 18.2 Å². The summed E-state index contributed by atoms with van der Waals surface area (Å²) in [4.78, 5) is 19.9. The maximum Gasteiger partial charge on any atom is 0.227 e. The van der Waals surface area contributed by atoms with Crippen molar-refractivity contribution in [1.29, 1.82) is 0 Å². The highest BCUT2D eigenvalue weighted by atomic mass is 16.4. The fourth-order valence-electron chi connectivity index (χ4n) is 5.11. The van der Waals surface area contributed by atoms with Crippen molar-refractivity contribution in [3.05, 3.63) is 121 Å². The molecule has 6 heteroatoms. The molecule has 8 rings (SSSR count). The summed E-state index contributed by atoms with van der Waals surface area (Å²) in [5.74, 6) is 2.18. The van der Waals surface area contributed by atoms with Crippen molar-refractivity contribution < 1.29 is 8.83 Å². The van der Waals surface area contributed by atoms with E-state index in [2.05, 4.69) is 0 Å². The van der Waals surface area contributed by atoms with E-state index in [-0.39, 0.29) is 0 Å². The van der Waals surface area contributed by atoms with E-state index in [1.807, 2.05) is 121 Å². The summed E-state index contributed by atoms with van der Waals surface area (Å²) < 4.78 is 12.6. The molecule has 0 aliphatic rings. The first kappa shape index (κ1) is 22.4. The van der Waals surface area contributed by atoms with Crippen LogP contribution in [0.25, 0.3) is 78.7 Å². The van der Waals surface area contributed by atoms with E-state index in [0.29, 0.717) is 40.0 Å². The average Bonchev–Trinajstić information content (AvgIpc) is 3.62. The molecule has 0 radical (unpaired) electrons. The van der Waals surface area contributed by atoms with Gasteiger partial charge in [-0.1, -0.05) is 97.1 Å². The van der Waals surface area contributed by atoms with Gasteiger partial charge in [0.05, 0.1) is 5.56 Å². The van der Waals surface area contributed by atoms with Gasteiger partial charge >= 0.3 is 0 Å². The van der Waals surface area contributed by atoms with Crippen LogP contribution in [-0.2, 0) is 0 Å². The molecule has 0 amide bonds. The zero-order valence-electron chi connectivity index (χ0n) is 21.2. The number of furan rings is 1. The van der Waals surface area contributed by atoms with Crippen LogP contribution in [0.5, 0.6) is 0 Å². The number of benzene rings is 5. The maximum absolute atomic E-state index is 6.31. The van der Waals surface area contributed by atoms with Crippen molar-refractivity contribution in [2.45, 2.75) is 0 Å². The van der Waals surface area contributed by atoms with Crippen molar-refractivity contribution >= 4 is 33.0 Å². The quantitative estimate of drug-likeness (QED) is 0.233. The minimum Gasteiger partial charge on any atom is -0.456 e. The molecule has 0 aliphatic heterocycles. The van der Waals surface area contributed by atoms with E-state index >= 15 is 0 Å². The summed E-state index contributed by atoms with van der Waals surface area (Å²) in [5.41, 5.74) is 6.16. The predicted molar refractivity (Wildman–Crippen MR) is 156 cm³/mol. The van der Waals surface area contributed by atoms with E-state index in [1.54, 1.807) is 0 Å². The molecular weight excluding hydrogens is 496 g/mol. The van der Waals surface area contributed by atoms with Crippen LogP contribution in [0.15, 0.2) is 130 Å². The molecule has 0 unspecified atom stereocenters. The van der Waals surface area contributed by atoms with E-state index in [4.69, 9.17) is 28.8 Å². The van der Waals surface area contributed by atoms with Gasteiger partial charge in [0.1, 0.15) is 16.7 Å². The van der Waals surface area contributed by atoms with Crippen LogP contribution in [0.4, 0.5) is 0 Å².